The van der Waals surface area contributed by atoms with Crippen LogP contribution in [-0.2, 0) is 9.47 Å². The number of ether oxygens (including phenoxy) is 2. The molecule has 126 valence electrons. The van der Waals surface area contributed by atoms with Gasteiger partial charge >= 0.3 is 0 Å². The van der Waals surface area contributed by atoms with Gasteiger partial charge < -0.3 is 14.8 Å². The average Bonchev–Trinajstić information content (AvgIpc) is 2.51. The molecule has 1 saturated heterocycles. The molecule has 1 aromatic rings. The third-order valence-electron chi connectivity index (χ3n) is 3.49. The molecule has 2 heterocycles. The lowest BCUT2D eigenvalue weighted by Crippen LogP contribution is -2.50. The molecule has 2 rings (SSSR count). The van der Waals surface area contributed by atoms with Crippen LogP contribution in [0.2, 0.25) is 5.02 Å². The van der Waals surface area contributed by atoms with E-state index in [1.54, 1.807) is 6.92 Å². The number of allylic oxidation sites excluding steroid dienone is 1. The minimum atomic E-state index is -0.341. The van der Waals surface area contributed by atoms with Gasteiger partial charge in [0.1, 0.15) is 11.5 Å². The number of nitrogens with one attached hydrogen (secondary N) is 1. The van der Waals surface area contributed by atoms with E-state index in [1.165, 1.54) is 11.8 Å². The molecule has 1 fully saturated rings. The van der Waals surface area contributed by atoms with Gasteiger partial charge in [-0.15, -0.1) is 0 Å². The van der Waals surface area contributed by atoms with Gasteiger partial charge in [-0.1, -0.05) is 23.3 Å². The summed E-state index contributed by atoms with van der Waals surface area (Å²) >= 11 is 6.01. The fraction of sp³-hybridized carbons (Fsp3) is 0.562. The fourth-order valence-corrected chi connectivity index (χ4v) is 2.42. The molecule has 1 amide bonds. The quantitative estimate of drug-likeness (QED) is 0.833. The number of halogens is 1. The van der Waals surface area contributed by atoms with Gasteiger partial charge in [-0.25, -0.2) is 9.97 Å². The Morgan fingerprint density at radius 1 is 1.57 bits per heavy atom. The first kappa shape index (κ1) is 17.8. The van der Waals surface area contributed by atoms with Crippen molar-refractivity contribution in [1.82, 2.24) is 15.3 Å². The number of aromatic nitrogens is 2. The minimum Gasteiger partial charge on any atom is -0.379 e. The molecule has 23 heavy (non-hydrogen) atoms. The third-order valence-corrected chi connectivity index (χ3v) is 3.77. The van der Waals surface area contributed by atoms with Gasteiger partial charge in [0.15, 0.2) is 0 Å². The Bertz CT molecular complexity index is 588. The Morgan fingerprint density at radius 3 is 3.09 bits per heavy atom. The molecule has 0 aliphatic carbocycles. The highest BCUT2D eigenvalue weighted by Gasteiger charge is 2.29. The highest BCUT2D eigenvalue weighted by Crippen LogP contribution is 2.16. The summed E-state index contributed by atoms with van der Waals surface area (Å²) < 4.78 is 11.3. The zero-order chi connectivity index (χ0) is 16.8. The smallest absolute Gasteiger partial charge is 0.271 e. The normalized spacial score (nSPS) is 20.9. The Hall–Kier alpha value is -1.50. The summed E-state index contributed by atoms with van der Waals surface area (Å²) in [5.74, 6) is 0.155. The van der Waals surface area contributed by atoms with Crippen molar-refractivity contribution in [3.05, 3.63) is 34.4 Å². The second kappa shape index (κ2) is 8.38. The monoisotopic (exact) mass is 339 g/mol. The summed E-state index contributed by atoms with van der Waals surface area (Å²) in [6, 6.07) is -0.229. The number of rotatable bonds is 5. The number of carbonyl (C=O) groups is 1. The first-order valence-electron chi connectivity index (χ1n) is 7.60. The van der Waals surface area contributed by atoms with Crippen molar-refractivity contribution >= 4 is 17.5 Å². The summed E-state index contributed by atoms with van der Waals surface area (Å²) in [5.41, 5.74) is 1.37. The van der Waals surface area contributed by atoms with E-state index in [9.17, 15) is 4.79 Å². The number of amides is 1. The van der Waals surface area contributed by atoms with Crippen LogP contribution in [0.1, 0.15) is 36.6 Å². The van der Waals surface area contributed by atoms with Crippen molar-refractivity contribution in [2.45, 2.75) is 39.3 Å². The van der Waals surface area contributed by atoms with Crippen LogP contribution in [0.5, 0.6) is 0 Å². The predicted molar refractivity (Wildman–Crippen MR) is 87.6 cm³/mol. The Kier molecular flexibility index (Phi) is 6.50. The van der Waals surface area contributed by atoms with E-state index in [0.717, 1.165) is 6.42 Å². The van der Waals surface area contributed by atoms with Crippen LogP contribution in [0.25, 0.3) is 0 Å². The molecule has 6 nitrogen and oxygen atoms in total. The Balaban J connectivity index is 2.01. The largest absolute Gasteiger partial charge is 0.379 e. The summed E-state index contributed by atoms with van der Waals surface area (Å²) in [7, 11) is 0. The topological polar surface area (TPSA) is 73.3 Å². The second-order valence-electron chi connectivity index (χ2n) is 5.71. The molecule has 7 heteroatoms. The Morgan fingerprint density at radius 2 is 2.35 bits per heavy atom. The number of hydrogen-bond donors (Lipinski definition) is 1. The molecule has 0 unspecified atom stereocenters. The highest BCUT2D eigenvalue weighted by atomic mass is 35.5. The van der Waals surface area contributed by atoms with Gasteiger partial charge in [0.25, 0.3) is 5.91 Å². The molecular weight excluding hydrogens is 318 g/mol. The molecule has 2 atom stereocenters. The molecular formula is C16H22ClN3O3. The zero-order valence-corrected chi connectivity index (χ0v) is 14.4. The van der Waals surface area contributed by atoms with E-state index in [-0.39, 0.29) is 28.8 Å². The van der Waals surface area contributed by atoms with Crippen molar-refractivity contribution in [2.75, 3.05) is 19.8 Å². The molecule has 1 N–H and O–H groups in total. The second-order valence-corrected chi connectivity index (χ2v) is 6.12. The lowest BCUT2D eigenvalue weighted by atomic mass is 10.1. The molecule has 1 aliphatic rings. The van der Waals surface area contributed by atoms with E-state index < -0.39 is 0 Å². The number of nitrogens with zero attached hydrogens (tertiary/aromatic N) is 2. The Labute approximate surface area is 141 Å². The lowest BCUT2D eigenvalue weighted by Gasteiger charge is -2.31. The predicted octanol–water partition coefficient (Wildman–Crippen LogP) is 2.31. The average molecular weight is 340 g/mol. The standard InChI is InChI=1S/C16H22ClN3O3/c1-10(2)4-7-23-14-5-6-22-9-13(14)20-16(21)15-12(17)8-18-11(3)19-15/h4,8,13-14H,5-7,9H2,1-3H3,(H,20,21)/t13-,14+/m1/s1. The maximum atomic E-state index is 12.4. The van der Waals surface area contributed by atoms with Gasteiger partial charge in [0.2, 0.25) is 0 Å². The SMILES string of the molecule is CC(C)=CCO[C@H]1CCOC[C@H]1NC(=O)c1nc(C)ncc1Cl. The van der Waals surface area contributed by atoms with Crippen molar-refractivity contribution in [1.29, 1.82) is 0 Å². The van der Waals surface area contributed by atoms with Crippen LogP contribution in [0.3, 0.4) is 0 Å². The molecule has 0 aromatic carbocycles. The summed E-state index contributed by atoms with van der Waals surface area (Å²) in [4.78, 5) is 20.5. The highest BCUT2D eigenvalue weighted by molar-refractivity contribution is 6.33. The van der Waals surface area contributed by atoms with Crippen LogP contribution in [0, 0.1) is 6.92 Å². The van der Waals surface area contributed by atoms with E-state index in [1.807, 2.05) is 19.9 Å². The van der Waals surface area contributed by atoms with Crippen molar-refractivity contribution < 1.29 is 14.3 Å². The van der Waals surface area contributed by atoms with Crippen LogP contribution in [0.4, 0.5) is 0 Å². The number of hydrogen-bond acceptors (Lipinski definition) is 5. The third kappa shape index (κ3) is 5.27. The van der Waals surface area contributed by atoms with Gasteiger partial charge in [-0.3, -0.25) is 4.79 Å². The van der Waals surface area contributed by atoms with Gasteiger partial charge in [-0.2, -0.15) is 0 Å². The molecule has 0 spiro atoms. The molecule has 1 aliphatic heterocycles. The summed E-state index contributed by atoms with van der Waals surface area (Å²) in [5, 5.41) is 3.14. The van der Waals surface area contributed by atoms with Crippen LogP contribution in [0.15, 0.2) is 17.8 Å². The molecule has 0 radical (unpaired) electrons. The number of carbonyl (C=O) groups excluding carboxylic acids is 1. The van der Waals surface area contributed by atoms with E-state index in [0.29, 0.717) is 25.6 Å². The first-order valence-corrected chi connectivity index (χ1v) is 7.98. The molecule has 0 bridgehead atoms. The molecule has 0 saturated carbocycles. The van der Waals surface area contributed by atoms with Crippen LogP contribution >= 0.6 is 11.6 Å². The van der Waals surface area contributed by atoms with Crippen LogP contribution in [-0.4, -0.2) is 47.8 Å². The van der Waals surface area contributed by atoms with Crippen LogP contribution < -0.4 is 5.32 Å². The van der Waals surface area contributed by atoms with Crippen molar-refractivity contribution in [3.8, 4) is 0 Å². The maximum absolute atomic E-state index is 12.4. The van der Waals surface area contributed by atoms with Gasteiger partial charge in [0, 0.05) is 6.61 Å². The van der Waals surface area contributed by atoms with E-state index >= 15 is 0 Å². The molecule has 1 aromatic heterocycles. The minimum absolute atomic E-state index is 0.0926. The van der Waals surface area contributed by atoms with Gasteiger partial charge in [-0.05, 0) is 27.2 Å². The van der Waals surface area contributed by atoms with E-state index in [2.05, 4.69) is 15.3 Å². The van der Waals surface area contributed by atoms with Crippen molar-refractivity contribution in [2.24, 2.45) is 0 Å². The van der Waals surface area contributed by atoms with E-state index in [4.69, 9.17) is 21.1 Å². The number of aryl methyl sites for hydroxylation is 1. The zero-order valence-electron chi connectivity index (χ0n) is 13.6. The fourth-order valence-electron chi connectivity index (χ4n) is 2.24. The summed E-state index contributed by atoms with van der Waals surface area (Å²) in [6.45, 7) is 7.30. The maximum Gasteiger partial charge on any atom is 0.271 e. The summed E-state index contributed by atoms with van der Waals surface area (Å²) in [6.07, 6.45) is 4.08. The lowest BCUT2D eigenvalue weighted by molar-refractivity contribution is -0.0457. The van der Waals surface area contributed by atoms with Crippen molar-refractivity contribution in [3.63, 3.8) is 0 Å². The first-order chi connectivity index (χ1) is 11.0. The van der Waals surface area contributed by atoms with Gasteiger partial charge in [0.05, 0.1) is 36.6 Å².